The Morgan fingerprint density at radius 2 is 2.08 bits per heavy atom. The molecule has 7 heteroatoms. The lowest BCUT2D eigenvalue weighted by Gasteiger charge is -2.31. The number of amides is 1. The molecule has 1 aliphatic heterocycles. The summed E-state index contributed by atoms with van der Waals surface area (Å²) in [5, 5.41) is 2.92. The Morgan fingerprint density at radius 1 is 1.38 bits per heavy atom. The van der Waals surface area contributed by atoms with Crippen molar-refractivity contribution in [3.63, 3.8) is 0 Å². The van der Waals surface area contributed by atoms with E-state index in [1.807, 2.05) is 37.3 Å². The molecule has 1 amide bonds. The summed E-state index contributed by atoms with van der Waals surface area (Å²) in [6, 6.07) is 9.28. The number of para-hydroxylation sites is 1. The molecule has 0 unspecified atom stereocenters. The van der Waals surface area contributed by atoms with Gasteiger partial charge in [0.2, 0.25) is 15.9 Å². The third-order valence-corrected chi connectivity index (χ3v) is 5.99. The van der Waals surface area contributed by atoms with Gasteiger partial charge < -0.3 is 10.1 Å². The van der Waals surface area contributed by atoms with E-state index < -0.39 is 10.0 Å². The zero-order valence-electron chi connectivity index (χ0n) is 14.3. The number of rotatable bonds is 7. The van der Waals surface area contributed by atoms with Crippen LogP contribution in [0.3, 0.4) is 0 Å². The van der Waals surface area contributed by atoms with Crippen molar-refractivity contribution in [2.75, 3.05) is 25.4 Å². The van der Waals surface area contributed by atoms with Crippen molar-refractivity contribution in [1.82, 2.24) is 9.62 Å². The highest BCUT2D eigenvalue weighted by Gasteiger charge is 2.31. The molecule has 0 saturated carbocycles. The van der Waals surface area contributed by atoms with Crippen LogP contribution in [0.2, 0.25) is 0 Å². The van der Waals surface area contributed by atoms with Crippen LogP contribution >= 0.6 is 0 Å². The summed E-state index contributed by atoms with van der Waals surface area (Å²) in [5.74, 6) is 0.439. The Hall–Kier alpha value is -1.60. The molecular formula is C17H26N2O4S. The van der Waals surface area contributed by atoms with Gasteiger partial charge in [0, 0.05) is 13.1 Å². The van der Waals surface area contributed by atoms with Crippen molar-refractivity contribution >= 4 is 15.9 Å². The topological polar surface area (TPSA) is 75.7 Å². The van der Waals surface area contributed by atoms with Crippen LogP contribution in [-0.4, -0.2) is 50.1 Å². The Kier molecular flexibility index (Phi) is 6.62. The van der Waals surface area contributed by atoms with Crippen LogP contribution in [0.15, 0.2) is 30.3 Å². The maximum atomic E-state index is 12.4. The average molecular weight is 354 g/mol. The number of hydrogen-bond donors (Lipinski definition) is 1. The van der Waals surface area contributed by atoms with Gasteiger partial charge in [0.1, 0.15) is 12.4 Å². The lowest BCUT2D eigenvalue weighted by atomic mass is 9.98. The molecule has 2 rings (SSSR count). The standard InChI is InChI=1S/C17H26N2O4S/c1-3-24(21,22)19-11-7-8-15(12-19)17(20)18-14(2)13-23-16-9-5-4-6-10-16/h4-6,9-10,14-15H,3,7-8,11-13H2,1-2H3,(H,18,20)/t14-,15-/m1/s1. The molecule has 0 aliphatic carbocycles. The summed E-state index contributed by atoms with van der Waals surface area (Å²) < 4.78 is 31.0. The zero-order valence-corrected chi connectivity index (χ0v) is 15.1. The number of carbonyl (C=O) groups is 1. The smallest absolute Gasteiger partial charge is 0.224 e. The molecule has 0 spiro atoms. The maximum absolute atomic E-state index is 12.4. The number of piperidine rings is 1. The van der Waals surface area contributed by atoms with E-state index in [-0.39, 0.29) is 30.2 Å². The lowest BCUT2D eigenvalue weighted by molar-refractivity contribution is -0.126. The molecule has 1 saturated heterocycles. The Bertz CT molecular complexity index is 633. The number of sulfonamides is 1. The number of benzene rings is 1. The summed E-state index contributed by atoms with van der Waals surface area (Å²) in [6.45, 7) is 4.66. The highest BCUT2D eigenvalue weighted by Crippen LogP contribution is 2.20. The van der Waals surface area contributed by atoms with E-state index in [4.69, 9.17) is 4.74 Å². The fraction of sp³-hybridized carbons (Fsp3) is 0.588. The van der Waals surface area contributed by atoms with Gasteiger partial charge in [-0.3, -0.25) is 4.79 Å². The second kappa shape index (κ2) is 8.48. The van der Waals surface area contributed by atoms with E-state index >= 15 is 0 Å². The van der Waals surface area contributed by atoms with E-state index in [0.717, 1.165) is 5.75 Å². The first-order chi connectivity index (χ1) is 11.4. The quantitative estimate of drug-likeness (QED) is 0.807. The molecule has 1 aromatic rings. The highest BCUT2D eigenvalue weighted by molar-refractivity contribution is 7.89. The van der Waals surface area contributed by atoms with Gasteiger partial charge in [-0.25, -0.2) is 12.7 Å². The first-order valence-electron chi connectivity index (χ1n) is 8.38. The number of hydrogen-bond acceptors (Lipinski definition) is 4. The molecule has 24 heavy (non-hydrogen) atoms. The lowest BCUT2D eigenvalue weighted by Crippen LogP contribution is -2.48. The van der Waals surface area contributed by atoms with E-state index in [0.29, 0.717) is 26.0 Å². The summed E-state index contributed by atoms with van der Waals surface area (Å²) in [6.07, 6.45) is 1.43. The first-order valence-corrected chi connectivity index (χ1v) is 9.99. The first kappa shape index (κ1) is 18.7. The molecule has 1 heterocycles. The molecule has 1 aliphatic rings. The normalized spacial score (nSPS) is 20.3. The summed E-state index contributed by atoms with van der Waals surface area (Å²) in [5.41, 5.74) is 0. The van der Waals surface area contributed by atoms with Gasteiger partial charge in [-0.2, -0.15) is 0 Å². The van der Waals surface area contributed by atoms with Crippen molar-refractivity contribution in [3.8, 4) is 5.75 Å². The van der Waals surface area contributed by atoms with Gasteiger partial charge in [-0.1, -0.05) is 18.2 Å². The third kappa shape index (κ3) is 5.21. The zero-order chi connectivity index (χ0) is 17.6. The molecule has 0 aromatic heterocycles. The Morgan fingerprint density at radius 3 is 2.75 bits per heavy atom. The van der Waals surface area contributed by atoms with Gasteiger partial charge in [0.05, 0.1) is 17.7 Å². The van der Waals surface area contributed by atoms with Crippen LogP contribution in [0.5, 0.6) is 5.75 Å². The van der Waals surface area contributed by atoms with Gasteiger partial charge in [0.25, 0.3) is 0 Å². The SMILES string of the molecule is CCS(=O)(=O)N1CCC[C@@H](C(=O)N[C@H](C)COc2ccccc2)C1. The second-order valence-electron chi connectivity index (χ2n) is 6.13. The third-order valence-electron chi connectivity index (χ3n) is 4.14. The van der Waals surface area contributed by atoms with E-state index in [2.05, 4.69) is 5.32 Å². The van der Waals surface area contributed by atoms with Gasteiger partial charge in [-0.15, -0.1) is 0 Å². The van der Waals surface area contributed by atoms with Crippen LogP contribution in [0.4, 0.5) is 0 Å². The second-order valence-corrected chi connectivity index (χ2v) is 8.39. The van der Waals surface area contributed by atoms with Crippen LogP contribution in [0, 0.1) is 5.92 Å². The van der Waals surface area contributed by atoms with Crippen molar-refractivity contribution in [3.05, 3.63) is 30.3 Å². The van der Waals surface area contributed by atoms with E-state index in [9.17, 15) is 13.2 Å². The van der Waals surface area contributed by atoms with Crippen molar-refractivity contribution in [2.24, 2.45) is 5.92 Å². The minimum atomic E-state index is -3.23. The van der Waals surface area contributed by atoms with E-state index in [1.165, 1.54) is 4.31 Å². The fourth-order valence-electron chi connectivity index (χ4n) is 2.73. The van der Waals surface area contributed by atoms with Gasteiger partial charge >= 0.3 is 0 Å². The molecule has 134 valence electrons. The molecule has 1 N–H and O–H groups in total. The monoisotopic (exact) mass is 354 g/mol. The Balaban J connectivity index is 1.82. The summed E-state index contributed by atoms with van der Waals surface area (Å²) in [7, 11) is -3.23. The Labute approximate surface area is 144 Å². The number of nitrogens with one attached hydrogen (secondary N) is 1. The van der Waals surface area contributed by atoms with Crippen molar-refractivity contribution < 1.29 is 17.9 Å². The van der Waals surface area contributed by atoms with Gasteiger partial charge in [-0.05, 0) is 38.8 Å². The number of nitrogens with zero attached hydrogens (tertiary/aromatic N) is 1. The molecule has 2 atom stereocenters. The predicted molar refractivity (Wildman–Crippen MR) is 93.3 cm³/mol. The molecule has 6 nitrogen and oxygen atoms in total. The van der Waals surface area contributed by atoms with Crippen molar-refractivity contribution in [1.29, 1.82) is 0 Å². The largest absolute Gasteiger partial charge is 0.491 e. The summed E-state index contributed by atoms with van der Waals surface area (Å²) in [4.78, 5) is 12.4. The summed E-state index contributed by atoms with van der Waals surface area (Å²) >= 11 is 0. The molecule has 1 fully saturated rings. The minimum Gasteiger partial charge on any atom is -0.491 e. The maximum Gasteiger partial charge on any atom is 0.224 e. The molecule has 0 radical (unpaired) electrons. The molecule has 1 aromatic carbocycles. The average Bonchev–Trinajstić information content (AvgIpc) is 2.61. The number of carbonyl (C=O) groups excluding carboxylic acids is 1. The van der Waals surface area contributed by atoms with Crippen LogP contribution in [0.1, 0.15) is 26.7 Å². The van der Waals surface area contributed by atoms with Crippen LogP contribution in [0.25, 0.3) is 0 Å². The molecular weight excluding hydrogens is 328 g/mol. The van der Waals surface area contributed by atoms with E-state index in [1.54, 1.807) is 6.92 Å². The van der Waals surface area contributed by atoms with Gasteiger partial charge in [0.15, 0.2) is 0 Å². The van der Waals surface area contributed by atoms with Crippen LogP contribution < -0.4 is 10.1 Å². The van der Waals surface area contributed by atoms with Crippen LogP contribution in [-0.2, 0) is 14.8 Å². The fourth-order valence-corrected chi connectivity index (χ4v) is 3.91. The predicted octanol–water partition coefficient (Wildman–Crippen LogP) is 1.63. The minimum absolute atomic E-state index is 0.0721. The molecule has 0 bridgehead atoms. The highest BCUT2D eigenvalue weighted by atomic mass is 32.2. The van der Waals surface area contributed by atoms with Crippen molar-refractivity contribution in [2.45, 2.75) is 32.7 Å². The number of ether oxygens (including phenoxy) is 1.